The second-order valence-electron chi connectivity index (χ2n) is 6.81. The fourth-order valence-electron chi connectivity index (χ4n) is 3.46. The van der Waals surface area contributed by atoms with Crippen LogP contribution in [0.3, 0.4) is 0 Å². The summed E-state index contributed by atoms with van der Waals surface area (Å²) in [5, 5.41) is 10.7. The average molecular weight is 429 g/mol. The van der Waals surface area contributed by atoms with Crippen LogP contribution in [0.15, 0.2) is 84.0 Å². The Hall–Kier alpha value is -3.58. The van der Waals surface area contributed by atoms with Crippen LogP contribution in [-0.4, -0.2) is 39.1 Å². The molecule has 2 heterocycles. The molecule has 0 amide bonds. The molecule has 0 N–H and O–H groups in total. The third-order valence-electron chi connectivity index (χ3n) is 4.89. The fourth-order valence-corrected chi connectivity index (χ4v) is 4.21. The number of nitrogens with zero attached hydrogens (tertiary/aromatic N) is 4. The minimum Gasteiger partial charge on any atom is -0.493 e. The molecule has 0 saturated carbocycles. The zero-order chi connectivity index (χ0) is 21.0. The molecule has 0 unspecified atom stereocenters. The van der Waals surface area contributed by atoms with E-state index >= 15 is 0 Å². The summed E-state index contributed by atoms with van der Waals surface area (Å²) in [6.07, 6.45) is 0. The molecule has 6 nitrogen and oxygen atoms in total. The predicted molar refractivity (Wildman–Crippen MR) is 123 cm³/mol. The van der Waals surface area contributed by atoms with Gasteiger partial charge in [-0.25, -0.2) is 4.98 Å². The van der Waals surface area contributed by atoms with E-state index in [4.69, 9.17) is 14.5 Å². The maximum atomic E-state index is 5.90. The molecule has 0 aliphatic carbocycles. The molecule has 0 fully saturated rings. The quantitative estimate of drug-likeness (QED) is 0.265. The van der Waals surface area contributed by atoms with Gasteiger partial charge in [-0.15, -0.1) is 10.2 Å². The summed E-state index contributed by atoms with van der Waals surface area (Å²) in [5.41, 5.74) is 2.72. The topological polar surface area (TPSA) is 61.5 Å². The lowest BCUT2D eigenvalue weighted by Crippen LogP contribution is -2.03. The molecule has 0 bridgehead atoms. The summed E-state index contributed by atoms with van der Waals surface area (Å²) in [6.45, 7) is 0.516. The Labute approximate surface area is 183 Å². The van der Waals surface area contributed by atoms with E-state index in [-0.39, 0.29) is 0 Å². The number of aromatic nitrogens is 4. The number of methoxy groups -OCH3 is 1. The summed E-state index contributed by atoms with van der Waals surface area (Å²) in [4.78, 5) is 4.93. The van der Waals surface area contributed by atoms with E-state index in [0.717, 1.165) is 44.6 Å². The number of fused-ring (bicyclic) bond motifs is 3. The van der Waals surface area contributed by atoms with Crippen molar-refractivity contribution in [3.8, 4) is 22.9 Å². The third-order valence-corrected chi connectivity index (χ3v) is 5.78. The van der Waals surface area contributed by atoms with E-state index in [9.17, 15) is 0 Å². The minimum atomic E-state index is 0.516. The number of rotatable bonds is 7. The second-order valence-corrected chi connectivity index (χ2v) is 7.87. The lowest BCUT2D eigenvalue weighted by atomic mass is 10.2. The molecular formula is C24H20N4O2S. The van der Waals surface area contributed by atoms with Crippen molar-refractivity contribution in [1.82, 2.24) is 19.6 Å². The van der Waals surface area contributed by atoms with Crippen LogP contribution < -0.4 is 9.47 Å². The van der Waals surface area contributed by atoms with Crippen molar-refractivity contribution >= 4 is 28.3 Å². The van der Waals surface area contributed by atoms with Gasteiger partial charge < -0.3 is 9.47 Å². The van der Waals surface area contributed by atoms with E-state index in [1.54, 1.807) is 18.9 Å². The zero-order valence-corrected chi connectivity index (χ0v) is 17.7. The Morgan fingerprint density at radius 1 is 0.839 bits per heavy atom. The summed E-state index contributed by atoms with van der Waals surface area (Å²) in [6, 6.07) is 25.8. The Bertz CT molecular complexity index is 1340. The first-order valence-electron chi connectivity index (χ1n) is 9.93. The second kappa shape index (κ2) is 8.65. The molecule has 31 heavy (non-hydrogen) atoms. The van der Waals surface area contributed by atoms with Crippen molar-refractivity contribution in [2.45, 2.75) is 5.16 Å². The van der Waals surface area contributed by atoms with Crippen LogP contribution in [0, 0.1) is 0 Å². The van der Waals surface area contributed by atoms with Gasteiger partial charge in [0.25, 0.3) is 0 Å². The lowest BCUT2D eigenvalue weighted by Gasteiger charge is -2.11. The van der Waals surface area contributed by atoms with Crippen molar-refractivity contribution < 1.29 is 9.47 Å². The molecule has 5 aromatic rings. The molecule has 0 spiro atoms. The third kappa shape index (κ3) is 3.80. The van der Waals surface area contributed by atoms with E-state index in [1.165, 1.54) is 0 Å². The molecule has 0 radical (unpaired) electrons. The summed E-state index contributed by atoms with van der Waals surface area (Å²) in [7, 11) is 1.64. The highest BCUT2D eigenvalue weighted by molar-refractivity contribution is 7.99. The highest BCUT2D eigenvalue weighted by Gasteiger charge is 2.16. The van der Waals surface area contributed by atoms with Crippen LogP contribution >= 0.6 is 11.8 Å². The van der Waals surface area contributed by atoms with Gasteiger partial charge in [0.15, 0.2) is 22.3 Å². The van der Waals surface area contributed by atoms with Crippen molar-refractivity contribution in [2.75, 3.05) is 19.5 Å². The monoisotopic (exact) mass is 428 g/mol. The number of benzene rings is 3. The van der Waals surface area contributed by atoms with Gasteiger partial charge >= 0.3 is 0 Å². The van der Waals surface area contributed by atoms with Crippen LogP contribution in [-0.2, 0) is 0 Å². The first-order chi connectivity index (χ1) is 15.3. The summed E-state index contributed by atoms with van der Waals surface area (Å²) in [5.74, 6) is 2.99. The van der Waals surface area contributed by atoms with Gasteiger partial charge in [0.1, 0.15) is 5.82 Å². The van der Waals surface area contributed by atoms with Crippen molar-refractivity contribution in [2.24, 2.45) is 0 Å². The molecule has 5 rings (SSSR count). The molecule has 0 aliphatic heterocycles. The smallest absolute Gasteiger partial charge is 0.197 e. The van der Waals surface area contributed by atoms with Crippen LogP contribution in [0.5, 0.6) is 11.5 Å². The maximum absolute atomic E-state index is 5.90. The van der Waals surface area contributed by atoms with E-state index in [0.29, 0.717) is 12.4 Å². The van der Waals surface area contributed by atoms with Crippen molar-refractivity contribution in [3.63, 3.8) is 0 Å². The average Bonchev–Trinajstić information content (AvgIpc) is 3.26. The first-order valence-corrected chi connectivity index (χ1v) is 10.9. The molecule has 7 heteroatoms. The summed E-state index contributed by atoms with van der Waals surface area (Å²) >= 11 is 1.59. The van der Waals surface area contributed by atoms with Crippen molar-refractivity contribution in [1.29, 1.82) is 0 Å². The first kappa shape index (κ1) is 19.4. The molecule has 3 aromatic carbocycles. The minimum absolute atomic E-state index is 0.516. The van der Waals surface area contributed by atoms with E-state index in [2.05, 4.69) is 22.3 Å². The van der Waals surface area contributed by atoms with Gasteiger partial charge in [0.2, 0.25) is 0 Å². The Balaban J connectivity index is 1.46. The standard InChI is InChI=1S/C24H20N4O2S/c1-29-20-13-7-8-14-21(20)30-15-16-31-24-27-26-23-18-11-5-6-12-19(18)25-22(28(23)24)17-9-3-2-4-10-17/h2-14H,15-16H2,1H3. The predicted octanol–water partition coefficient (Wildman–Crippen LogP) is 5.12. The van der Waals surface area contributed by atoms with Gasteiger partial charge in [-0.2, -0.15) is 0 Å². The van der Waals surface area contributed by atoms with Gasteiger partial charge in [0.05, 0.1) is 19.2 Å². The molecule has 0 saturated heterocycles. The SMILES string of the molecule is COc1ccccc1OCCSc1nnc2c3ccccc3nc(-c3ccccc3)n12. The van der Waals surface area contributed by atoms with Crippen LogP contribution in [0.2, 0.25) is 0 Å². The van der Waals surface area contributed by atoms with Gasteiger partial charge in [-0.3, -0.25) is 4.40 Å². The van der Waals surface area contributed by atoms with Gasteiger partial charge in [-0.05, 0) is 24.3 Å². The van der Waals surface area contributed by atoms with Gasteiger partial charge in [0, 0.05) is 16.7 Å². The number of hydrogen-bond acceptors (Lipinski definition) is 6. The number of hydrogen-bond donors (Lipinski definition) is 0. The van der Waals surface area contributed by atoms with E-state index in [1.807, 2.05) is 71.1 Å². The highest BCUT2D eigenvalue weighted by Crippen LogP contribution is 2.30. The lowest BCUT2D eigenvalue weighted by molar-refractivity contribution is 0.313. The fraction of sp³-hybridized carbons (Fsp3) is 0.125. The van der Waals surface area contributed by atoms with Crippen LogP contribution in [0.25, 0.3) is 27.9 Å². The molecule has 154 valence electrons. The molecule has 0 atom stereocenters. The zero-order valence-electron chi connectivity index (χ0n) is 16.9. The Kier molecular flexibility index (Phi) is 5.41. The largest absolute Gasteiger partial charge is 0.493 e. The molecule has 0 aliphatic rings. The Morgan fingerprint density at radius 2 is 1.58 bits per heavy atom. The Morgan fingerprint density at radius 3 is 2.42 bits per heavy atom. The van der Waals surface area contributed by atoms with Crippen LogP contribution in [0.1, 0.15) is 0 Å². The maximum Gasteiger partial charge on any atom is 0.197 e. The number of ether oxygens (including phenoxy) is 2. The van der Waals surface area contributed by atoms with E-state index < -0.39 is 0 Å². The normalized spacial score (nSPS) is 11.1. The van der Waals surface area contributed by atoms with Crippen LogP contribution in [0.4, 0.5) is 0 Å². The van der Waals surface area contributed by atoms with Gasteiger partial charge in [-0.1, -0.05) is 66.4 Å². The van der Waals surface area contributed by atoms with Crippen molar-refractivity contribution in [3.05, 3.63) is 78.9 Å². The number of thioether (sulfide) groups is 1. The molecule has 2 aromatic heterocycles. The number of para-hydroxylation sites is 3. The summed E-state index contributed by atoms with van der Waals surface area (Å²) < 4.78 is 13.3. The highest BCUT2D eigenvalue weighted by atomic mass is 32.2. The molecular weight excluding hydrogens is 408 g/mol.